The number of nitrogens with zero attached hydrogens (tertiary/aromatic N) is 1. The maximum Gasteiger partial charge on any atom is 0.239 e. The van der Waals surface area contributed by atoms with Crippen molar-refractivity contribution >= 4 is 5.91 Å². The van der Waals surface area contributed by atoms with Gasteiger partial charge >= 0.3 is 0 Å². The molecule has 88 valence electrons. The Kier molecular flexibility index (Phi) is 5.05. The second kappa shape index (κ2) is 6.08. The number of carbonyl (C=O) groups is 1. The quantitative estimate of drug-likeness (QED) is 0.710. The molecule has 1 aliphatic heterocycles. The highest BCUT2D eigenvalue weighted by molar-refractivity contribution is 5.82. The fourth-order valence-corrected chi connectivity index (χ4v) is 2.01. The van der Waals surface area contributed by atoms with E-state index in [-0.39, 0.29) is 18.6 Å². The summed E-state index contributed by atoms with van der Waals surface area (Å²) < 4.78 is 0. The zero-order valence-electron chi connectivity index (χ0n) is 9.70. The molecule has 0 spiro atoms. The first-order valence-electron chi connectivity index (χ1n) is 5.84. The van der Waals surface area contributed by atoms with Crippen LogP contribution < -0.4 is 5.32 Å². The Balaban J connectivity index is 2.63. The average Bonchev–Trinajstić information content (AvgIpc) is 2.33. The Bertz CT molecular complexity index is 209. The number of carbonyl (C=O) groups excluding carboxylic acids is 1. The Hall–Kier alpha value is -0.610. The zero-order valence-corrected chi connectivity index (χ0v) is 9.70. The average molecular weight is 214 g/mol. The van der Waals surface area contributed by atoms with Gasteiger partial charge in [-0.05, 0) is 26.2 Å². The van der Waals surface area contributed by atoms with Gasteiger partial charge < -0.3 is 15.3 Å². The van der Waals surface area contributed by atoms with Gasteiger partial charge in [0.1, 0.15) is 0 Å². The molecule has 0 aromatic carbocycles. The first-order chi connectivity index (χ1) is 7.19. The SMILES string of the molecule is CCCN1CCC(C)NC(CCO)C1=O. The molecular formula is C11H22N2O2. The summed E-state index contributed by atoms with van der Waals surface area (Å²) in [6, 6.07) is 0.159. The maximum atomic E-state index is 12.0. The zero-order chi connectivity index (χ0) is 11.3. The first-order valence-corrected chi connectivity index (χ1v) is 5.84. The van der Waals surface area contributed by atoms with E-state index in [1.54, 1.807) is 0 Å². The van der Waals surface area contributed by atoms with Gasteiger partial charge in [-0.2, -0.15) is 0 Å². The van der Waals surface area contributed by atoms with Gasteiger partial charge in [-0.15, -0.1) is 0 Å². The third-order valence-electron chi connectivity index (χ3n) is 2.84. The van der Waals surface area contributed by atoms with Crippen LogP contribution in [0.2, 0.25) is 0 Å². The van der Waals surface area contributed by atoms with Crippen molar-refractivity contribution in [3.05, 3.63) is 0 Å². The van der Waals surface area contributed by atoms with Crippen LogP contribution in [0.5, 0.6) is 0 Å². The minimum atomic E-state index is -0.195. The second-order valence-electron chi connectivity index (χ2n) is 4.25. The van der Waals surface area contributed by atoms with E-state index in [1.165, 1.54) is 0 Å². The molecule has 2 unspecified atom stereocenters. The lowest BCUT2D eigenvalue weighted by atomic mass is 10.1. The van der Waals surface area contributed by atoms with E-state index in [0.29, 0.717) is 12.5 Å². The first kappa shape index (κ1) is 12.5. The van der Waals surface area contributed by atoms with Crippen LogP contribution in [0.25, 0.3) is 0 Å². The normalized spacial score (nSPS) is 27.9. The van der Waals surface area contributed by atoms with Crippen LogP contribution in [-0.4, -0.2) is 47.7 Å². The maximum absolute atomic E-state index is 12.0. The molecule has 15 heavy (non-hydrogen) atoms. The Morgan fingerprint density at radius 3 is 2.93 bits per heavy atom. The predicted octanol–water partition coefficient (Wildman–Crippen LogP) is 0.358. The van der Waals surface area contributed by atoms with Gasteiger partial charge in [0.05, 0.1) is 6.04 Å². The molecule has 0 aromatic heterocycles. The van der Waals surface area contributed by atoms with E-state index in [0.717, 1.165) is 25.9 Å². The number of aliphatic hydroxyl groups is 1. The summed E-state index contributed by atoms with van der Waals surface area (Å²) in [5, 5.41) is 12.2. The van der Waals surface area contributed by atoms with Gasteiger partial charge in [0, 0.05) is 25.7 Å². The summed E-state index contributed by atoms with van der Waals surface area (Å²) >= 11 is 0. The van der Waals surface area contributed by atoms with Gasteiger partial charge in [0.15, 0.2) is 0 Å². The van der Waals surface area contributed by atoms with Crippen molar-refractivity contribution in [2.75, 3.05) is 19.7 Å². The lowest BCUT2D eigenvalue weighted by molar-refractivity contribution is -0.133. The number of aliphatic hydroxyl groups excluding tert-OH is 1. The molecule has 0 aliphatic carbocycles. The molecule has 4 nitrogen and oxygen atoms in total. The van der Waals surface area contributed by atoms with E-state index in [4.69, 9.17) is 5.11 Å². The number of nitrogens with one attached hydrogen (secondary N) is 1. The summed E-state index contributed by atoms with van der Waals surface area (Å²) in [5.74, 6) is 0.148. The van der Waals surface area contributed by atoms with Crippen molar-refractivity contribution in [1.82, 2.24) is 10.2 Å². The number of amides is 1. The molecule has 0 bridgehead atoms. The van der Waals surface area contributed by atoms with Crippen LogP contribution in [0.4, 0.5) is 0 Å². The fourth-order valence-electron chi connectivity index (χ4n) is 2.01. The van der Waals surface area contributed by atoms with E-state index >= 15 is 0 Å². The van der Waals surface area contributed by atoms with Crippen molar-refractivity contribution in [1.29, 1.82) is 0 Å². The largest absolute Gasteiger partial charge is 0.396 e. The standard InChI is InChI=1S/C11H22N2O2/c1-3-6-13-7-4-9(2)12-10(5-8-14)11(13)15/h9-10,12,14H,3-8H2,1-2H3. The Morgan fingerprint density at radius 2 is 2.33 bits per heavy atom. The highest BCUT2D eigenvalue weighted by Crippen LogP contribution is 2.09. The molecule has 1 aliphatic rings. The van der Waals surface area contributed by atoms with Crippen LogP contribution >= 0.6 is 0 Å². The molecule has 1 saturated heterocycles. The summed E-state index contributed by atoms with van der Waals surface area (Å²) in [7, 11) is 0. The van der Waals surface area contributed by atoms with Gasteiger partial charge in [0.25, 0.3) is 0 Å². The van der Waals surface area contributed by atoms with Crippen molar-refractivity contribution in [2.24, 2.45) is 0 Å². The van der Waals surface area contributed by atoms with E-state index in [9.17, 15) is 4.79 Å². The molecule has 2 N–H and O–H groups in total. The molecule has 1 amide bonds. The van der Waals surface area contributed by atoms with Crippen molar-refractivity contribution in [3.63, 3.8) is 0 Å². The summed E-state index contributed by atoms with van der Waals surface area (Å²) in [6.07, 6.45) is 2.50. The van der Waals surface area contributed by atoms with Crippen molar-refractivity contribution in [3.8, 4) is 0 Å². The van der Waals surface area contributed by atoms with Crippen LogP contribution in [0.15, 0.2) is 0 Å². The molecular weight excluding hydrogens is 192 g/mol. The van der Waals surface area contributed by atoms with E-state index < -0.39 is 0 Å². The Labute approximate surface area is 91.6 Å². The third-order valence-corrected chi connectivity index (χ3v) is 2.84. The molecule has 1 fully saturated rings. The monoisotopic (exact) mass is 214 g/mol. The molecule has 1 heterocycles. The minimum absolute atomic E-state index is 0.0656. The van der Waals surface area contributed by atoms with Crippen molar-refractivity contribution in [2.45, 2.75) is 45.2 Å². The topological polar surface area (TPSA) is 52.6 Å². The molecule has 0 aromatic rings. The number of rotatable bonds is 4. The van der Waals surface area contributed by atoms with Crippen molar-refractivity contribution < 1.29 is 9.90 Å². The van der Waals surface area contributed by atoms with Crippen LogP contribution in [0, 0.1) is 0 Å². The molecule has 2 atom stereocenters. The second-order valence-corrected chi connectivity index (χ2v) is 4.25. The van der Waals surface area contributed by atoms with E-state index in [1.807, 2.05) is 4.90 Å². The van der Waals surface area contributed by atoms with Gasteiger partial charge in [-0.1, -0.05) is 6.92 Å². The van der Waals surface area contributed by atoms with Gasteiger partial charge in [0.2, 0.25) is 5.91 Å². The third kappa shape index (κ3) is 3.47. The highest BCUT2D eigenvalue weighted by Gasteiger charge is 2.27. The van der Waals surface area contributed by atoms with Gasteiger partial charge in [-0.25, -0.2) is 0 Å². The molecule has 4 heteroatoms. The van der Waals surface area contributed by atoms with Gasteiger partial charge in [-0.3, -0.25) is 4.79 Å². The van der Waals surface area contributed by atoms with Crippen LogP contribution in [0.1, 0.15) is 33.1 Å². The highest BCUT2D eigenvalue weighted by atomic mass is 16.3. The fraction of sp³-hybridized carbons (Fsp3) is 0.909. The summed E-state index contributed by atoms with van der Waals surface area (Å²) in [4.78, 5) is 13.9. The lowest BCUT2D eigenvalue weighted by Gasteiger charge is -2.23. The minimum Gasteiger partial charge on any atom is -0.396 e. The number of hydrogen-bond acceptors (Lipinski definition) is 3. The predicted molar refractivity (Wildman–Crippen MR) is 59.6 cm³/mol. The van der Waals surface area contributed by atoms with E-state index in [2.05, 4.69) is 19.2 Å². The molecule has 0 saturated carbocycles. The van der Waals surface area contributed by atoms with Crippen LogP contribution in [0.3, 0.4) is 0 Å². The molecule has 1 rings (SSSR count). The summed E-state index contributed by atoms with van der Waals surface area (Å²) in [5.41, 5.74) is 0. The van der Waals surface area contributed by atoms with Crippen LogP contribution in [-0.2, 0) is 4.79 Å². The molecule has 0 radical (unpaired) electrons. The summed E-state index contributed by atoms with van der Waals surface area (Å²) in [6.45, 7) is 5.90. The Morgan fingerprint density at radius 1 is 1.60 bits per heavy atom. The number of hydrogen-bond donors (Lipinski definition) is 2. The lowest BCUT2D eigenvalue weighted by Crippen LogP contribution is -2.45. The smallest absolute Gasteiger partial charge is 0.239 e.